The van der Waals surface area contributed by atoms with Crippen molar-refractivity contribution >= 4 is 11.7 Å². The molecule has 0 unspecified atom stereocenters. The molecule has 0 radical (unpaired) electrons. The Kier molecular flexibility index (Phi) is 9.13. The summed E-state index contributed by atoms with van der Waals surface area (Å²) in [7, 11) is 0. The number of carboxylic acid groups (broad SMARTS) is 1. The molecule has 0 amide bonds. The molecule has 0 saturated carbocycles. The first-order chi connectivity index (χ1) is 21.2. The van der Waals surface area contributed by atoms with E-state index in [1.54, 1.807) is 0 Å². The van der Waals surface area contributed by atoms with Gasteiger partial charge in [-0.1, -0.05) is 38.1 Å². The molecule has 1 aromatic heterocycles. The molecule has 2 aromatic carbocycles. The predicted molar refractivity (Wildman–Crippen MR) is 179 cm³/mol. The summed E-state index contributed by atoms with van der Waals surface area (Å²) in [6.45, 7) is 20.7. The van der Waals surface area contributed by atoms with Crippen LogP contribution in [0.15, 0.2) is 36.4 Å². The van der Waals surface area contributed by atoms with Gasteiger partial charge in [0, 0.05) is 55.2 Å². The number of pyridine rings is 1. The van der Waals surface area contributed by atoms with E-state index in [0.29, 0.717) is 16.8 Å². The number of aryl methyl sites for hydroxylation is 3. The van der Waals surface area contributed by atoms with Gasteiger partial charge in [0.2, 0.25) is 0 Å². The maximum Gasteiger partial charge on any atom is 0.337 e. The third-order valence-electron chi connectivity index (χ3n) is 9.42. The maximum absolute atomic E-state index is 12.8. The van der Waals surface area contributed by atoms with Crippen LogP contribution in [0.2, 0.25) is 0 Å². The van der Waals surface area contributed by atoms with Gasteiger partial charge in [0.05, 0.1) is 22.9 Å². The van der Waals surface area contributed by atoms with Crippen molar-refractivity contribution in [3.63, 3.8) is 0 Å². The minimum absolute atomic E-state index is 0.246. The molecule has 0 aliphatic carbocycles. The number of carboxylic acids is 1. The average molecular weight is 609 g/mol. The third-order valence-corrected chi connectivity index (χ3v) is 9.42. The Morgan fingerprint density at radius 1 is 1.04 bits per heavy atom. The highest BCUT2D eigenvalue weighted by Gasteiger charge is 2.36. The van der Waals surface area contributed by atoms with Crippen molar-refractivity contribution in [1.29, 1.82) is 5.26 Å². The van der Waals surface area contributed by atoms with E-state index in [1.165, 1.54) is 16.7 Å². The Bertz CT molecular complexity index is 1640. The second-order valence-corrected chi connectivity index (χ2v) is 14.7. The topological polar surface area (TPSA) is 89.7 Å². The number of carbonyl (C=O) groups is 1. The fraction of sp³-hybridized carbons (Fsp3) is 0.500. The number of piperidine rings is 1. The number of fused-ring (bicyclic) bond motifs is 1. The van der Waals surface area contributed by atoms with Crippen molar-refractivity contribution in [2.75, 3.05) is 24.5 Å². The van der Waals surface area contributed by atoms with Crippen LogP contribution in [0.1, 0.15) is 98.3 Å². The van der Waals surface area contributed by atoms with E-state index in [4.69, 9.17) is 9.72 Å². The largest absolute Gasteiger partial charge is 0.479 e. The van der Waals surface area contributed by atoms with Crippen LogP contribution in [0.4, 0.5) is 5.69 Å². The van der Waals surface area contributed by atoms with E-state index in [1.807, 2.05) is 46.8 Å². The van der Waals surface area contributed by atoms with Crippen LogP contribution in [0, 0.1) is 37.5 Å². The Hall–Kier alpha value is -3.73. The number of nitriles is 1. The SMILES string of the molecule is Cc1cc(C#N)ccc1CN1CCc2cc(-c3c(C)nc(C)c([C@H](OC(C)(C)C)C(=O)O)c3N3CCC(C)(C)CC3)ccc2C1. The standard InChI is InChI=1S/C38H48N4O3/c1-24-19-27(21-39)9-10-30(24)22-41-16-13-28-20-29(11-12-31(28)23-41)32-25(2)40-26(3)33(35(36(43)44)45-37(4,5)6)34(32)42-17-14-38(7,8)15-18-42/h9-12,19-20,35H,13-18,22-23H2,1-8H3,(H,43,44)/t35-/m0/s1. The van der Waals surface area contributed by atoms with Gasteiger partial charge < -0.3 is 14.7 Å². The van der Waals surface area contributed by atoms with Crippen LogP contribution in [0.5, 0.6) is 0 Å². The molecular weight excluding hydrogens is 560 g/mol. The number of anilines is 1. The predicted octanol–water partition coefficient (Wildman–Crippen LogP) is 7.67. The van der Waals surface area contributed by atoms with Gasteiger partial charge in [-0.05, 0) is 106 Å². The fourth-order valence-electron chi connectivity index (χ4n) is 6.84. The summed E-state index contributed by atoms with van der Waals surface area (Å²) < 4.78 is 6.25. The second kappa shape index (κ2) is 12.6. The second-order valence-electron chi connectivity index (χ2n) is 14.7. The first-order valence-electron chi connectivity index (χ1n) is 16.2. The van der Waals surface area contributed by atoms with Crippen LogP contribution in [0.25, 0.3) is 11.1 Å². The van der Waals surface area contributed by atoms with Gasteiger partial charge in [-0.2, -0.15) is 5.26 Å². The first kappa shape index (κ1) is 32.7. The monoisotopic (exact) mass is 608 g/mol. The van der Waals surface area contributed by atoms with Gasteiger partial charge in [-0.3, -0.25) is 9.88 Å². The fourth-order valence-corrected chi connectivity index (χ4v) is 6.84. The molecule has 7 nitrogen and oxygen atoms in total. The van der Waals surface area contributed by atoms with E-state index < -0.39 is 17.7 Å². The van der Waals surface area contributed by atoms with E-state index in [2.05, 4.69) is 60.9 Å². The van der Waals surface area contributed by atoms with Crippen LogP contribution >= 0.6 is 0 Å². The normalized spacial score (nSPS) is 17.4. The quantitative estimate of drug-likeness (QED) is 0.294. The van der Waals surface area contributed by atoms with Crippen molar-refractivity contribution in [3.8, 4) is 17.2 Å². The van der Waals surface area contributed by atoms with Gasteiger partial charge in [0.1, 0.15) is 0 Å². The Morgan fingerprint density at radius 2 is 1.76 bits per heavy atom. The number of hydrogen-bond acceptors (Lipinski definition) is 6. The average Bonchev–Trinajstić information content (AvgIpc) is 2.96. The zero-order valence-electron chi connectivity index (χ0n) is 28.3. The molecule has 45 heavy (non-hydrogen) atoms. The van der Waals surface area contributed by atoms with Crippen molar-refractivity contribution in [2.45, 2.75) is 99.4 Å². The van der Waals surface area contributed by atoms with E-state index in [0.717, 1.165) is 80.1 Å². The van der Waals surface area contributed by atoms with E-state index in [-0.39, 0.29) is 5.41 Å². The van der Waals surface area contributed by atoms with Crippen molar-refractivity contribution < 1.29 is 14.6 Å². The summed E-state index contributed by atoms with van der Waals surface area (Å²) in [6, 6.07) is 14.9. The highest BCUT2D eigenvalue weighted by atomic mass is 16.5. The molecule has 0 bridgehead atoms. The molecule has 3 aromatic rings. The van der Waals surface area contributed by atoms with Gasteiger partial charge in [0.25, 0.3) is 0 Å². The Labute approximate surface area is 268 Å². The number of aromatic nitrogens is 1. The molecule has 7 heteroatoms. The lowest BCUT2D eigenvalue weighted by Gasteiger charge is -2.41. The summed E-state index contributed by atoms with van der Waals surface area (Å²) in [5, 5.41) is 19.7. The highest BCUT2D eigenvalue weighted by molar-refractivity contribution is 5.88. The van der Waals surface area contributed by atoms with Crippen molar-refractivity contribution in [2.24, 2.45) is 5.41 Å². The summed E-state index contributed by atoms with van der Waals surface area (Å²) in [5.41, 5.74) is 10.7. The summed E-state index contributed by atoms with van der Waals surface area (Å²) in [5.74, 6) is -0.994. The molecule has 2 aliphatic heterocycles. The number of aliphatic carboxylic acids is 1. The van der Waals surface area contributed by atoms with Crippen molar-refractivity contribution in [1.82, 2.24) is 9.88 Å². The summed E-state index contributed by atoms with van der Waals surface area (Å²) >= 11 is 0. The maximum atomic E-state index is 12.8. The number of ether oxygens (including phenoxy) is 1. The van der Waals surface area contributed by atoms with Gasteiger partial charge in [0.15, 0.2) is 6.10 Å². The van der Waals surface area contributed by atoms with E-state index in [9.17, 15) is 15.2 Å². The molecular formula is C38H48N4O3. The zero-order valence-corrected chi connectivity index (χ0v) is 28.3. The molecule has 1 atom stereocenters. The lowest BCUT2D eigenvalue weighted by molar-refractivity contribution is -0.160. The zero-order chi connectivity index (χ0) is 32.7. The van der Waals surface area contributed by atoms with Crippen LogP contribution in [-0.2, 0) is 29.0 Å². The molecule has 238 valence electrons. The lowest BCUT2D eigenvalue weighted by Crippen LogP contribution is -2.39. The first-order valence-corrected chi connectivity index (χ1v) is 16.2. The molecule has 3 heterocycles. The molecule has 2 aliphatic rings. The van der Waals surface area contributed by atoms with Crippen LogP contribution in [0.3, 0.4) is 0 Å². The molecule has 1 saturated heterocycles. The number of hydrogen-bond donors (Lipinski definition) is 1. The minimum Gasteiger partial charge on any atom is -0.479 e. The highest BCUT2D eigenvalue weighted by Crippen LogP contribution is 2.45. The minimum atomic E-state index is -1.13. The van der Waals surface area contributed by atoms with E-state index >= 15 is 0 Å². The van der Waals surface area contributed by atoms with Gasteiger partial charge in [-0.25, -0.2) is 4.79 Å². The number of rotatable bonds is 7. The van der Waals surface area contributed by atoms with Crippen LogP contribution in [-0.4, -0.2) is 46.2 Å². The third kappa shape index (κ3) is 7.24. The Balaban J connectivity index is 1.55. The van der Waals surface area contributed by atoms with Crippen molar-refractivity contribution in [3.05, 3.63) is 81.2 Å². The van der Waals surface area contributed by atoms with Gasteiger partial charge in [-0.15, -0.1) is 0 Å². The smallest absolute Gasteiger partial charge is 0.337 e. The van der Waals surface area contributed by atoms with Gasteiger partial charge >= 0.3 is 5.97 Å². The number of benzene rings is 2. The molecule has 0 spiro atoms. The number of nitrogens with zero attached hydrogens (tertiary/aromatic N) is 4. The lowest BCUT2D eigenvalue weighted by atomic mass is 9.81. The van der Waals surface area contributed by atoms with Crippen LogP contribution < -0.4 is 4.90 Å². The molecule has 1 N–H and O–H groups in total. The summed E-state index contributed by atoms with van der Waals surface area (Å²) in [4.78, 5) is 22.6. The molecule has 1 fully saturated rings. The Morgan fingerprint density at radius 3 is 2.38 bits per heavy atom. The molecule has 5 rings (SSSR count). The summed E-state index contributed by atoms with van der Waals surface area (Å²) in [6.07, 6.45) is 1.87.